The number of amides is 1. The predicted molar refractivity (Wildman–Crippen MR) is 97.6 cm³/mol. The van der Waals surface area contributed by atoms with Crippen LogP contribution < -0.4 is 0 Å². The van der Waals surface area contributed by atoms with Crippen molar-refractivity contribution in [2.45, 2.75) is 6.92 Å². The van der Waals surface area contributed by atoms with E-state index < -0.39 is 17.7 Å². The highest BCUT2D eigenvalue weighted by molar-refractivity contribution is 6.36. The lowest BCUT2D eigenvalue weighted by Gasteiger charge is -2.07. The molecular weight excluding hydrogens is 351 g/mol. The van der Waals surface area contributed by atoms with Gasteiger partial charge < -0.3 is 9.84 Å². The molecule has 27 heavy (non-hydrogen) atoms. The van der Waals surface area contributed by atoms with Crippen molar-refractivity contribution in [3.8, 4) is 0 Å². The fourth-order valence-corrected chi connectivity index (χ4v) is 2.66. The Morgan fingerprint density at radius 1 is 1.07 bits per heavy atom. The van der Waals surface area contributed by atoms with Crippen molar-refractivity contribution in [2.75, 3.05) is 7.11 Å². The molecule has 0 aliphatic carbocycles. The van der Waals surface area contributed by atoms with E-state index in [2.05, 4.69) is 9.98 Å². The molecule has 7 heteroatoms. The number of methoxy groups -OCH3 is 1. The molecule has 0 atom stereocenters. The first kappa shape index (κ1) is 18.2. The molecule has 136 valence electrons. The van der Waals surface area contributed by atoms with E-state index in [1.54, 1.807) is 24.3 Å². The van der Waals surface area contributed by atoms with Gasteiger partial charge in [-0.15, -0.1) is 0 Å². The number of carbonyl (C=O) groups is 2. The predicted octanol–water partition coefficient (Wildman–Crippen LogP) is 3.22. The summed E-state index contributed by atoms with van der Waals surface area (Å²) >= 11 is 0. The highest BCUT2D eigenvalue weighted by Crippen LogP contribution is 2.25. The first-order valence-corrected chi connectivity index (χ1v) is 7.98. The Kier molecular flexibility index (Phi) is 4.94. The SMILES string of the molecule is COC(=O)/C(C1=NC(=NC(=O)c2ccc(F)cc2)c2ccccc21)=C(/C)O. The van der Waals surface area contributed by atoms with E-state index in [0.29, 0.717) is 11.1 Å². The quantitative estimate of drug-likeness (QED) is 0.513. The number of nitrogens with zero attached hydrogens (tertiary/aromatic N) is 2. The van der Waals surface area contributed by atoms with E-state index in [0.717, 1.165) is 12.1 Å². The Bertz CT molecular complexity index is 1020. The highest BCUT2D eigenvalue weighted by Gasteiger charge is 2.30. The number of aliphatic hydroxyl groups is 1. The van der Waals surface area contributed by atoms with Crippen LogP contribution in [0.4, 0.5) is 4.39 Å². The summed E-state index contributed by atoms with van der Waals surface area (Å²) in [5.41, 5.74) is 1.34. The summed E-state index contributed by atoms with van der Waals surface area (Å²) in [5.74, 6) is -1.99. The Labute approximate surface area is 154 Å². The second-order valence-electron chi connectivity index (χ2n) is 5.71. The molecule has 0 fully saturated rings. The zero-order valence-electron chi connectivity index (χ0n) is 14.6. The molecule has 0 aromatic heterocycles. The Morgan fingerprint density at radius 2 is 1.70 bits per heavy atom. The first-order valence-electron chi connectivity index (χ1n) is 7.98. The molecule has 2 aromatic carbocycles. The van der Waals surface area contributed by atoms with E-state index in [1.807, 2.05) is 0 Å². The van der Waals surface area contributed by atoms with Gasteiger partial charge in [0, 0.05) is 16.7 Å². The molecule has 0 bridgehead atoms. The second-order valence-corrected chi connectivity index (χ2v) is 5.71. The van der Waals surface area contributed by atoms with Crippen molar-refractivity contribution < 1.29 is 23.8 Å². The topological polar surface area (TPSA) is 88.3 Å². The lowest BCUT2D eigenvalue weighted by molar-refractivity contribution is -0.135. The minimum absolute atomic E-state index is 0.0950. The van der Waals surface area contributed by atoms with Gasteiger partial charge in [0.25, 0.3) is 5.91 Å². The standard InChI is InChI=1S/C20H15FN2O4/c1-11(24)16(20(26)27-2)17-14-5-3-4-6-15(14)18(22-17)23-19(25)12-7-9-13(21)10-8-12/h3-10,24H,1-2H3/b16-11-,23-18?. The summed E-state index contributed by atoms with van der Waals surface area (Å²) in [7, 11) is 1.19. The number of ether oxygens (including phenoxy) is 1. The molecule has 1 aliphatic rings. The van der Waals surface area contributed by atoms with Crippen LogP contribution in [0.3, 0.4) is 0 Å². The lowest BCUT2D eigenvalue weighted by Crippen LogP contribution is -2.16. The number of hydrogen-bond donors (Lipinski definition) is 1. The number of aliphatic hydroxyl groups excluding tert-OH is 1. The van der Waals surface area contributed by atoms with Crippen molar-refractivity contribution in [1.82, 2.24) is 0 Å². The fourth-order valence-electron chi connectivity index (χ4n) is 2.66. The number of aliphatic imine (C=N–C) groups is 2. The average molecular weight is 366 g/mol. The van der Waals surface area contributed by atoms with E-state index in [4.69, 9.17) is 4.74 Å². The van der Waals surface area contributed by atoms with Crippen LogP contribution in [0, 0.1) is 5.82 Å². The summed E-state index contributed by atoms with van der Waals surface area (Å²) in [5, 5.41) is 9.93. The van der Waals surface area contributed by atoms with Crippen LogP contribution in [0.2, 0.25) is 0 Å². The maximum absolute atomic E-state index is 13.0. The van der Waals surface area contributed by atoms with Crippen LogP contribution in [-0.4, -0.2) is 35.6 Å². The number of benzene rings is 2. The number of halogens is 1. The number of esters is 1. The largest absolute Gasteiger partial charge is 0.512 e. The smallest absolute Gasteiger partial charge is 0.343 e. The summed E-state index contributed by atoms with van der Waals surface area (Å²) in [6, 6.07) is 11.9. The van der Waals surface area contributed by atoms with Gasteiger partial charge in [-0.3, -0.25) is 4.79 Å². The number of amidine groups is 1. The lowest BCUT2D eigenvalue weighted by atomic mass is 9.99. The third-order valence-corrected chi connectivity index (χ3v) is 3.93. The Hall–Kier alpha value is -3.61. The number of rotatable bonds is 3. The normalized spacial score (nSPS) is 15.1. The number of fused-ring (bicyclic) bond motifs is 1. The zero-order valence-corrected chi connectivity index (χ0v) is 14.6. The van der Waals surface area contributed by atoms with Crippen LogP contribution in [0.25, 0.3) is 0 Å². The van der Waals surface area contributed by atoms with Gasteiger partial charge in [0.1, 0.15) is 17.1 Å². The van der Waals surface area contributed by atoms with Gasteiger partial charge in [-0.2, -0.15) is 4.99 Å². The third-order valence-electron chi connectivity index (χ3n) is 3.93. The third kappa shape index (κ3) is 3.52. The molecule has 1 aliphatic heterocycles. The summed E-state index contributed by atoms with van der Waals surface area (Å²) in [6.07, 6.45) is 0. The zero-order chi connectivity index (χ0) is 19.6. The van der Waals surface area contributed by atoms with E-state index in [1.165, 1.54) is 26.2 Å². The average Bonchev–Trinajstić information content (AvgIpc) is 3.00. The van der Waals surface area contributed by atoms with Crippen LogP contribution in [0.5, 0.6) is 0 Å². The summed E-state index contributed by atoms with van der Waals surface area (Å²) < 4.78 is 17.8. The van der Waals surface area contributed by atoms with Gasteiger partial charge in [0.2, 0.25) is 0 Å². The molecule has 0 radical (unpaired) electrons. The van der Waals surface area contributed by atoms with Gasteiger partial charge >= 0.3 is 5.97 Å². The number of hydrogen-bond acceptors (Lipinski definition) is 4. The Balaban J connectivity index is 2.10. The maximum atomic E-state index is 13.0. The molecular formula is C20H15FN2O4. The van der Waals surface area contributed by atoms with Gasteiger partial charge in [0.15, 0.2) is 5.84 Å². The minimum atomic E-state index is -0.755. The van der Waals surface area contributed by atoms with Crippen molar-refractivity contribution in [2.24, 2.45) is 9.98 Å². The molecule has 0 spiro atoms. The van der Waals surface area contributed by atoms with Crippen LogP contribution in [0.1, 0.15) is 28.4 Å². The molecule has 3 rings (SSSR count). The number of carbonyl (C=O) groups excluding carboxylic acids is 2. The molecule has 1 N–H and O–H groups in total. The summed E-state index contributed by atoms with van der Waals surface area (Å²) in [4.78, 5) is 32.7. The van der Waals surface area contributed by atoms with E-state index >= 15 is 0 Å². The van der Waals surface area contributed by atoms with Crippen molar-refractivity contribution >= 4 is 23.4 Å². The van der Waals surface area contributed by atoms with Crippen LogP contribution in [-0.2, 0) is 9.53 Å². The van der Waals surface area contributed by atoms with Gasteiger partial charge in [-0.1, -0.05) is 24.3 Å². The molecule has 6 nitrogen and oxygen atoms in total. The van der Waals surface area contributed by atoms with Crippen LogP contribution in [0.15, 0.2) is 69.8 Å². The first-order chi connectivity index (χ1) is 12.9. The van der Waals surface area contributed by atoms with Crippen molar-refractivity contribution in [3.63, 3.8) is 0 Å². The molecule has 2 aromatic rings. The van der Waals surface area contributed by atoms with E-state index in [-0.39, 0.29) is 28.4 Å². The molecule has 1 heterocycles. The van der Waals surface area contributed by atoms with Crippen molar-refractivity contribution in [1.29, 1.82) is 0 Å². The van der Waals surface area contributed by atoms with Gasteiger partial charge in [-0.25, -0.2) is 14.2 Å². The molecule has 0 unspecified atom stereocenters. The van der Waals surface area contributed by atoms with Gasteiger partial charge in [0.05, 0.1) is 12.8 Å². The monoisotopic (exact) mass is 366 g/mol. The van der Waals surface area contributed by atoms with Crippen molar-refractivity contribution in [3.05, 3.63) is 82.4 Å². The number of allylic oxidation sites excluding steroid dienone is 1. The second kappa shape index (κ2) is 7.33. The molecule has 0 saturated heterocycles. The minimum Gasteiger partial charge on any atom is -0.512 e. The van der Waals surface area contributed by atoms with E-state index in [9.17, 15) is 19.1 Å². The highest BCUT2D eigenvalue weighted by atomic mass is 19.1. The summed E-state index contributed by atoms with van der Waals surface area (Å²) in [6.45, 7) is 1.34. The fraction of sp³-hybridized carbons (Fsp3) is 0.100. The van der Waals surface area contributed by atoms with Gasteiger partial charge in [-0.05, 0) is 31.2 Å². The molecule has 1 amide bonds. The molecule has 0 saturated carbocycles. The maximum Gasteiger partial charge on any atom is 0.343 e. The van der Waals surface area contributed by atoms with Crippen LogP contribution >= 0.6 is 0 Å². The Morgan fingerprint density at radius 3 is 2.30 bits per heavy atom.